The first-order valence-electron chi connectivity index (χ1n) is 6.89. The second-order valence-electron chi connectivity index (χ2n) is 6.39. The van der Waals surface area contributed by atoms with Crippen molar-refractivity contribution in [3.63, 3.8) is 0 Å². The second-order valence-corrected chi connectivity index (χ2v) is 6.39. The second kappa shape index (κ2) is 7.62. The Labute approximate surface area is 112 Å². The zero-order chi connectivity index (χ0) is 14.3. The fourth-order valence-corrected chi connectivity index (χ4v) is 1.60. The summed E-state index contributed by atoms with van der Waals surface area (Å²) in [5, 5.41) is 15.4. The van der Waals surface area contributed by atoms with Crippen molar-refractivity contribution >= 4 is 6.03 Å². The fourth-order valence-electron chi connectivity index (χ4n) is 1.60. The molecule has 108 valence electrons. The van der Waals surface area contributed by atoms with Gasteiger partial charge in [0.15, 0.2) is 0 Å². The van der Waals surface area contributed by atoms with Gasteiger partial charge in [0.05, 0.1) is 6.10 Å². The van der Waals surface area contributed by atoms with Gasteiger partial charge in [0.25, 0.3) is 0 Å². The van der Waals surface area contributed by atoms with E-state index in [9.17, 15) is 9.90 Å². The van der Waals surface area contributed by atoms with Gasteiger partial charge >= 0.3 is 6.03 Å². The van der Waals surface area contributed by atoms with E-state index in [0.717, 1.165) is 12.8 Å². The van der Waals surface area contributed by atoms with Crippen molar-refractivity contribution in [3.8, 4) is 0 Å². The van der Waals surface area contributed by atoms with Crippen LogP contribution in [0.1, 0.15) is 54.4 Å². The fraction of sp³-hybridized carbons (Fsp3) is 0.929. The van der Waals surface area contributed by atoms with Crippen molar-refractivity contribution in [1.29, 1.82) is 0 Å². The van der Waals surface area contributed by atoms with Crippen LogP contribution in [0.25, 0.3) is 0 Å². The summed E-state index contributed by atoms with van der Waals surface area (Å²) < 4.78 is 0. The first-order valence-corrected chi connectivity index (χ1v) is 6.89. The molecule has 3 atom stereocenters. The highest BCUT2D eigenvalue weighted by Gasteiger charge is 2.22. The van der Waals surface area contributed by atoms with Gasteiger partial charge in [-0.3, -0.25) is 0 Å². The van der Waals surface area contributed by atoms with E-state index in [1.165, 1.54) is 0 Å². The van der Waals surface area contributed by atoms with Crippen LogP contribution in [0.4, 0.5) is 4.79 Å². The number of rotatable bonds is 6. The van der Waals surface area contributed by atoms with Crippen LogP contribution in [-0.2, 0) is 0 Å². The molecule has 0 aromatic carbocycles. The Morgan fingerprint density at radius 2 is 1.83 bits per heavy atom. The molecule has 0 saturated carbocycles. The summed E-state index contributed by atoms with van der Waals surface area (Å²) in [5.74, 6) is 0.612. The van der Waals surface area contributed by atoms with Gasteiger partial charge in [-0.2, -0.15) is 0 Å². The third-order valence-corrected chi connectivity index (χ3v) is 3.29. The van der Waals surface area contributed by atoms with E-state index < -0.39 is 6.10 Å². The van der Waals surface area contributed by atoms with E-state index in [1.807, 2.05) is 27.7 Å². The Morgan fingerprint density at radius 1 is 1.28 bits per heavy atom. The quantitative estimate of drug-likeness (QED) is 0.685. The average molecular weight is 258 g/mol. The number of aliphatic hydroxyl groups is 1. The largest absolute Gasteiger partial charge is 0.391 e. The lowest BCUT2D eigenvalue weighted by Gasteiger charge is -2.26. The number of urea groups is 1. The van der Waals surface area contributed by atoms with Gasteiger partial charge in [0.1, 0.15) is 0 Å². The van der Waals surface area contributed by atoms with Gasteiger partial charge < -0.3 is 15.7 Å². The predicted molar refractivity (Wildman–Crippen MR) is 75.5 cm³/mol. The summed E-state index contributed by atoms with van der Waals surface area (Å²) >= 11 is 0. The molecule has 0 heterocycles. The Bertz CT molecular complexity index is 249. The van der Waals surface area contributed by atoms with Gasteiger partial charge in [-0.05, 0) is 24.7 Å². The highest BCUT2D eigenvalue weighted by molar-refractivity contribution is 5.74. The molecular weight excluding hydrogens is 228 g/mol. The van der Waals surface area contributed by atoms with E-state index in [0.29, 0.717) is 5.92 Å². The van der Waals surface area contributed by atoms with Crippen molar-refractivity contribution in [3.05, 3.63) is 0 Å². The number of hydrogen-bond acceptors (Lipinski definition) is 2. The summed E-state index contributed by atoms with van der Waals surface area (Å²) in [4.78, 5) is 11.6. The van der Waals surface area contributed by atoms with E-state index >= 15 is 0 Å². The van der Waals surface area contributed by atoms with Gasteiger partial charge in [-0.25, -0.2) is 4.79 Å². The van der Waals surface area contributed by atoms with Crippen LogP contribution < -0.4 is 10.6 Å². The van der Waals surface area contributed by atoms with Gasteiger partial charge in [-0.15, -0.1) is 0 Å². The van der Waals surface area contributed by atoms with E-state index in [2.05, 4.69) is 24.5 Å². The summed E-state index contributed by atoms with van der Waals surface area (Å²) in [6, 6.07) is -0.0409. The molecule has 4 nitrogen and oxygen atoms in total. The van der Waals surface area contributed by atoms with Crippen LogP contribution in [0.5, 0.6) is 0 Å². The Morgan fingerprint density at radius 3 is 2.28 bits per heavy atom. The highest BCUT2D eigenvalue weighted by Crippen LogP contribution is 2.18. The number of nitrogens with one attached hydrogen (secondary N) is 2. The first kappa shape index (κ1) is 17.2. The molecule has 0 aromatic heterocycles. The number of amides is 2. The van der Waals surface area contributed by atoms with E-state index in [1.54, 1.807) is 0 Å². The van der Waals surface area contributed by atoms with E-state index in [-0.39, 0.29) is 24.0 Å². The zero-order valence-electron chi connectivity index (χ0n) is 12.7. The van der Waals surface area contributed by atoms with Crippen LogP contribution in [0, 0.1) is 11.3 Å². The van der Waals surface area contributed by atoms with Crippen LogP contribution in [0.15, 0.2) is 0 Å². The lowest BCUT2D eigenvalue weighted by Crippen LogP contribution is -2.46. The summed E-state index contributed by atoms with van der Waals surface area (Å²) in [6.07, 6.45) is 1.57. The van der Waals surface area contributed by atoms with Crippen molar-refractivity contribution in [2.45, 2.75) is 66.5 Å². The number of aliphatic hydroxyl groups excluding tert-OH is 1. The van der Waals surface area contributed by atoms with Gasteiger partial charge in [-0.1, -0.05) is 41.0 Å². The van der Waals surface area contributed by atoms with Crippen molar-refractivity contribution in [1.82, 2.24) is 10.6 Å². The summed E-state index contributed by atoms with van der Waals surface area (Å²) in [6.45, 7) is 12.5. The first-order chi connectivity index (χ1) is 8.16. The number of carbonyl (C=O) groups excluding carboxylic acids is 1. The highest BCUT2D eigenvalue weighted by atomic mass is 16.3. The molecule has 0 radical (unpaired) electrons. The van der Waals surface area contributed by atoms with Crippen LogP contribution in [0.3, 0.4) is 0 Å². The van der Waals surface area contributed by atoms with Gasteiger partial charge in [0.2, 0.25) is 0 Å². The summed E-state index contributed by atoms with van der Waals surface area (Å²) in [7, 11) is 0. The molecule has 0 aliphatic rings. The number of hydrogen-bond donors (Lipinski definition) is 3. The average Bonchev–Trinajstić information content (AvgIpc) is 2.23. The van der Waals surface area contributed by atoms with E-state index in [4.69, 9.17) is 0 Å². The summed E-state index contributed by atoms with van der Waals surface area (Å²) in [5.41, 5.74) is -0.213. The van der Waals surface area contributed by atoms with Crippen molar-refractivity contribution < 1.29 is 9.90 Å². The minimum atomic E-state index is -0.534. The lowest BCUT2D eigenvalue weighted by molar-refractivity contribution is 0.0649. The molecule has 0 rings (SSSR count). The molecule has 0 fully saturated rings. The third-order valence-electron chi connectivity index (χ3n) is 3.29. The molecule has 3 unspecified atom stereocenters. The lowest BCUT2D eigenvalue weighted by atomic mass is 9.89. The SMILES string of the molecule is CCC(C)CC(C)NC(=O)NCC(O)C(C)(C)C. The maximum absolute atomic E-state index is 11.6. The molecule has 0 spiro atoms. The molecule has 3 N–H and O–H groups in total. The maximum Gasteiger partial charge on any atom is 0.315 e. The smallest absolute Gasteiger partial charge is 0.315 e. The molecular formula is C14H30N2O2. The van der Waals surface area contributed by atoms with Crippen LogP contribution in [-0.4, -0.2) is 29.8 Å². The Balaban J connectivity index is 3.91. The van der Waals surface area contributed by atoms with Crippen LogP contribution >= 0.6 is 0 Å². The number of carbonyl (C=O) groups is 1. The molecule has 0 aromatic rings. The van der Waals surface area contributed by atoms with Crippen molar-refractivity contribution in [2.75, 3.05) is 6.54 Å². The molecule has 0 aliphatic heterocycles. The monoisotopic (exact) mass is 258 g/mol. The van der Waals surface area contributed by atoms with Crippen LogP contribution in [0.2, 0.25) is 0 Å². The predicted octanol–water partition coefficient (Wildman–Crippen LogP) is 2.52. The molecule has 2 amide bonds. The minimum absolute atomic E-state index is 0.159. The Hall–Kier alpha value is -0.770. The minimum Gasteiger partial charge on any atom is -0.391 e. The zero-order valence-corrected chi connectivity index (χ0v) is 12.7. The van der Waals surface area contributed by atoms with Crippen molar-refractivity contribution in [2.24, 2.45) is 11.3 Å². The van der Waals surface area contributed by atoms with Gasteiger partial charge in [0, 0.05) is 12.6 Å². The standard InChI is InChI=1S/C14H30N2O2/c1-7-10(2)8-11(3)16-13(18)15-9-12(17)14(4,5)6/h10-12,17H,7-9H2,1-6H3,(H2,15,16,18). The normalized spacial score (nSPS) is 16.8. The Kier molecular flexibility index (Phi) is 7.29. The topological polar surface area (TPSA) is 61.4 Å². The third kappa shape index (κ3) is 7.54. The molecule has 18 heavy (non-hydrogen) atoms. The molecule has 0 bridgehead atoms. The maximum atomic E-state index is 11.6. The molecule has 0 saturated heterocycles. The molecule has 4 heteroatoms. The molecule has 0 aliphatic carbocycles.